The third-order valence-corrected chi connectivity index (χ3v) is 9.41. The first-order valence-electron chi connectivity index (χ1n) is 14.6. The second kappa shape index (κ2) is 13.9. The number of fused-ring (bicyclic) bond motifs is 1. The maximum Gasteiger partial charge on any atom is 0.306 e. The van der Waals surface area contributed by atoms with Crippen LogP contribution < -0.4 is 15.5 Å². The summed E-state index contributed by atoms with van der Waals surface area (Å²) in [5.74, 6) is -6.64. The summed E-state index contributed by atoms with van der Waals surface area (Å²) in [6.45, 7) is 3.81. The molecule has 6 rings (SSSR count). The van der Waals surface area contributed by atoms with Crippen molar-refractivity contribution in [2.45, 2.75) is 63.7 Å². The van der Waals surface area contributed by atoms with E-state index in [0.717, 1.165) is 47.5 Å². The molecule has 14 heteroatoms. The van der Waals surface area contributed by atoms with E-state index in [4.69, 9.17) is 5.11 Å². The van der Waals surface area contributed by atoms with E-state index < -0.39 is 30.2 Å². The topological polar surface area (TPSA) is 111 Å². The predicted octanol–water partition coefficient (Wildman–Crippen LogP) is 6.59. The maximum atomic E-state index is 14.1. The summed E-state index contributed by atoms with van der Waals surface area (Å²) in [7, 11) is 3.36. The molecule has 45 heavy (non-hydrogen) atoms. The number of rotatable bonds is 6. The van der Waals surface area contributed by atoms with Crippen LogP contribution in [0.4, 0.5) is 34.9 Å². The van der Waals surface area contributed by atoms with Crippen molar-refractivity contribution in [1.82, 2.24) is 20.2 Å². The van der Waals surface area contributed by atoms with Gasteiger partial charge in [0.15, 0.2) is 0 Å². The van der Waals surface area contributed by atoms with Crippen molar-refractivity contribution in [3.05, 3.63) is 41.0 Å². The number of hydrogen-bond acceptors (Lipinski definition) is 8. The lowest BCUT2D eigenvalue weighted by molar-refractivity contribution is -0.142. The predicted molar refractivity (Wildman–Crippen MR) is 168 cm³/mol. The summed E-state index contributed by atoms with van der Waals surface area (Å²) in [5.41, 5.74) is 1.80. The Bertz CT molecular complexity index is 1490. The zero-order valence-electron chi connectivity index (χ0n) is 24.6. The lowest BCUT2D eigenvalue weighted by Gasteiger charge is -2.29. The first-order chi connectivity index (χ1) is 20.8. The molecule has 2 aliphatic carbocycles. The SMILES string of the molecule is C.CN(C)C(=O)c1sc2cnc(Nc3ccc(N4CCNCC4)cn3)cc2c1C1CCC(F)(F)C1.O=C(O)C1CCC(F)(F)C1. The van der Waals surface area contributed by atoms with E-state index >= 15 is 0 Å². The van der Waals surface area contributed by atoms with Crippen LogP contribution in [0.3, 0.4) is 0 Å². The highest BCUT2D eigenvalue weighted by atomic mass is 32.1. The van der Waals surface area contributed by atoms with Crippen LogP contribution in [0.2, 0.25) is 0 Å². The number of piperazine rings is 1. The van der Waals surface area contributed by atoms with Crippen LogP contribution in [0.25, 0.3) is 10.1 Å². The summed E-state index contributed by atoms with van der Waals surface area (Å²) in [5, 5.41) is 15.7. The Hall–Kier alpha value is -3.52. The molecule has 3 aromatic heterocycles. The van der Waals surface area contributed by atoms with E-state index in [-0.39, 0.29) is 44.9 Å². The van der Waals surface area contributed by atoms with Crippen molar-refractivity contribution >= 4 is 50.6 Å². The summed E-state index contributed by atoms with van der Waals surface area (Å²) in [4.78, 5) is 36.4. The van der Waals surface area contributed by atoms with Crippen LogP contribution >= 0.6 is 11.3 Å². The van der Waals surface area contributed by atoms with Crippen LogP contribution in [-0.4, -0.2) is 84.0 Å². The summed E-state index contributed by atoms with van der Waals surface area (Å²) < 4.78 is 53.6. The third-order valence-electron chi connectivity index (χ3n) is 8.27. The molecule has 0 aromatic carbocycles. The van der Waals surface area contributed by atoms with E-state index in [0.29, 0.717) is 22.9 Å². The average Bonchev–Trinajstić information content (AvgIpc) is 3.67. The van der Waals surface area contributed by atoms with Crippen molar-refractivity contribution in [2.24, 2.45) is 5.92 Å². The second-order valence-electron chi connectivity index (χ2n) is 11.8. The first kappa shape index (κ1) is 34.4. The maximum absolute atomic E-state index is 14.1. The lowest BCUT2D eigenvalue weighted by atomic mass is 9.94. The lowest BCUT2D eigenvalue weighted by Crippen LogP contribution is -2.43. The first-order valence-corrected chi connectivity index (χ1v) is 15.4. The van der Waals surface area contributed by atoms with Gasteiger partial charge in [-0.1, -0.05) is 7.43 Å². The van der Waals surface area contributed by atoms with Crippen molar-refractivity contribution in [3.8, 4) is 0 Å². The van der Waals surface area contributed by atoms with Gasteiger partial charge >= 0.3 is 5.97 Å². The minimum Gasteiger partial charge on any atom is -0.481 e. The summed E-state index contributed by atoms with van der Waals surface area (Å²) >= 11 is 1.33. The minimum absolute atomic E-state index is 0. The molecule has 4 heterocycles. The van der Waals surface area contributed by atoms with Gasteiger partial charge in [0, 0.05) is 77.5 Å². The number of hydrogen-bond donors (Lipinski definition) is 3. The van der Waals surface area contributed by atoms with Crippen molar-refractivity contribution in [3.63, 3.8) is 0 Å². The molecule has 2 saturated carbocycles. The normalized spacial score (nSPS) is 21.9. The van der Waals surface area contributed by atoms with Gasteiger partial charge in [0.25, 0.3) is 5.91 Å². The average molecular weight is 653 g/mol. The number of thiophene rings is 1. The monoisotopic (exact) mass is 652 g/mol. The number of carbonyl (C=O) groups is 2. The van der Waals surface area contributed by atoms with Crippen LogP contribution in [0.15, 0.2) is 30.6 Å². The molecular formula is C31H40F4N6O3S. The van der Waals surface area contributed by atoms with Gasteiger partial charge in [-0.05, 0) is 42.5 Å². The van der Waals surface area contributed by atoms with Gasteiger partial charge in [-0.3, -0.25) is 9.59 Å². The highest BCUT2D eigenvalue weighted by Gasteiger charge is 2.43. The number of pyridine rings is 2. The number of nitrogens with one attached hydrogen (secondary N) is 2. The number of carboxylic acids is 1. The summed E-state index contributed by atoms with van der Waals surface area (Å²) in [6.07, 6.45) is 2.90. The zero-order valence-corrected chi connectivity index (χ0v) is 25.4. The number of amides is 1. The van der Waals surface area contributed by atoms with Crippen LogP contribution in [0.1, 0.15) is 67.1 Å². The standard InChI is InChI=1S/C24H28F2N6OS.C6H8F2O2.CH4/c1-31(2)23(33)22-21(15-5-6-24(25,26)12-15)17-11-20(29-14-18(17)34-22)30-19-4-3-16(13-28-19)32-9-7-27-8-10-32;7-6(8)2-1-4(3-6)5(9)10;/h3-4,11,13-15,27H,5-10,12H2,1-2H3,(H,28,29,30);4H,1-3H2,(H,9,10);1H4. The molecule has 3 N–H and O–H groups in total. The zero-order chi connectivity index (χ0) is 31.6. The largest absolute Gasteiger partial charge is 0.481 e. The van der Waals surface area contributed by atoms with Gasteiger partial charge in [0.1, 0.15) is 11.6 Å². The third kappa shape index (κ3) is 8.20. The van der Waals surface area contributed by atoms with Gasteiger partial charge in [-0.2, -0.15) is 0 Å². The van der Waals surface area contributed by atoms with Gasteiger partial charge in [0.05, 0.1) is 27.4 Å². The van der Waals surface area contributed by atoms with E-state index in [1.165, 1.54) is 16.2 Å². The van der Waals surface area contributed by atoms with E-state index in [1.807, 2.05) is 24.4 Å². The highest BCUT2D eigenvalue weighted by molar-refractivity contribution is 7.21. The molecular weight excluding hydrogens is 612 g/mol. The van der Waals surface area contributed by atoms with Crippen molar-refractivity contribution in [1.29, 1.82) is 0 Å². The molecule has 246 valence electrons. The molecule has 2 unspecified atom stereocenters. The quantitative estimate of drug-likeness (QED) is 0.256. The Morgan fingerprint density at radius 2 is 1.69 bits per heavy atom. The van der Waals surface area contributed by atoms with Gasteiger partial charge in [0.2, 0.25) is 11.8 Å². The number of alkyl halides is 4. The number of anilines is 3. The number of halogens is 4. The van der Waals surface area contributed by atoms with Gasteiger partial charge in [-0.15, -0.1) is 11.3 Å². The molecule has 3 aliphatic rings. The molecule has 0 spiro atoms. The minimum atomic E-state index is -2.73. The fourth-order valence-electron chi connectivity index (χ4n) is 5.92. The second-order valence-corrected chi connectivity index (χ2v) is 12.9. The van der Waals surface area contributed by atoms with E-state index in [2.05, 4.69) is 25.5 Å². The Balaban J connectivity index is 0.000000359. The Labute approximate surface area is 264 Å². The van der Waals surface area contributed by atoms with Gasteiger partial charge in [-0.25, -0.2) is 27.5 Å². The van der Waals surface area contributed by atoms with E-state index in [1.54, 1.807) is 20.3 Å². The Morgan fingerprint density at radius 1 is 1.02 bits per heavy atom. The fourth-order valence-corrected chi connectivity index (χ4v) is 7.18. The molecule has 3 fully saturated rings. The number of carbonyl (C=O) groups excluding carboxylic acids is 1. The number of carboxylic acid groups (broad SMARTS) is 1. The Kier molecular flexibility index (Phi) is 10.6. The number of aromatic nitrogens is 2. The van der Waals surface area contributed by atoms with E-state index in [9.17, 15) is 27.2 Å². The molecule has 3 aromatic rings. The fraction of sp³-hybridized carbons (Fsp3) is 0.548. The summed E-state index contributed by atoms with van der Waals surface area (Å²) in [6, 6.07) is 5.80. The molecule has 2 atom stereocenters. The van der Waals surface area contributed by atoms with Crippen molar-refractivity contribution in [2.75, 3.05) is 50.5 Å². The van der Waals surface area contributed by atoms with Crippen LogP contribution in [0, 0.1) is 5.92 Å². The number of aliphatic carboxylic acids is 1. The molecule has 9 nitrogen and oxygen atoms in total. The smallest absolute Gasteiger partial charge is 0.306 e. The highest BCUT2D eigenvalue weighted by Crippen LogP contribution is 2.49. The molecule has 1 aliphatic heterocycles. The van der Waals surface area contributed by atoms with Crippen molar-refractivity contribution < 1.29 is 32.3 Å². The molecule has 1 amide bonds. The molecule has 0 radical (unpaired) electrons. The Morgan fingerprint density at radius 3 is 2.22 bits per heavy atom. The molecule has 1 saturated heterocycles. The van der Waals surface area contributed by atoms with Crippen LogP contribution in [0.5, 0.6) is 0 Å². The molecule has 0 bridgehead atoms. The van der Waals surface area contributed by atoms with Gasteiger partial charge < -0.3 is 25.5 Å². The number of nitrogens with zero attached hydrogens (tertiary/aromatic N) is 4. The van der Waals surface area contributed by atoms with Crippen LogP contribution in [-0.2, 0) is 4.79 Å².